The number of Topliss-reactive ketones (excluding diaryl/α,β-unsaturated/α-hetero) is 1. The van der Waals surface area contributed by atoms with Crippen molar-refractivity contribution in [2.45, 2.75) is 58.3 Å². The highest BCUT2D eigenvalue weighted by molar-refractivity contribution is 6.23. The van der Waals surface area contributed by atoms with Gasteiger partial charge in [-0.3, -0.25) is 14.4 Å². The van der Waals surface area contributed by atoms with Gasteiger partial charge in [0.1, 0.15) is 6.10 Å². The molecule has 1 fully saturated rings. The fraction of sp³-hybridized carbons (Fsp3) is 0.571. The molecular formula is C21H26O6. The molecule has 0 radical (unpaired) electrons. The Morgan fingerprint density at radius 3 is 2.41 bits per heavy atom. The summed E-state index contributed by atoms with van der Waals surface area (Å²) in [6.45, 7) is 6.63. The second kappa shape index (κ2) is 6.33. The number of allylic oxidation sites excluding steroid dienone is 4. The van der Waals surface area contributed by atoms with E-state index in [1.807, 2.05) is 0 Å². The van der Waals surface area contributed by atoms with E-state index in [4.69, 9.17) is 0 Å². The Kier molecular flexibility index (Phi) is 4.65. The van der Waals surface area contributed by atoms with Crippen molar-refractivity contribution in [2.75, 3.05) is 0 Å². The summed E-state index contributed by atoms with van der Waals surface area (Å²) in [7, 11) is 0. The summed E-state index contributed by atoms with van der Waals surface area (Å²) in [6, 6.07) is 0. The highest BCUT2D eigenvalue weighted by Crippen LogP contribution is 2.59. The van der Waals surface area contributed by atoms with Gasteiger partial charge in [0.25, 0.3) is 0 Å². The second-order valence-corrected chi connectivity index (χ2v) is 8.58. The number of ketones is 3. The van der Waals surface area contributed by atoms with Crippen LogP contribution in [0.5, 0.6) is 0 Å². The third-order valence-electron chi connectivity index (χ3n) is 6.45. The van der Waals surface area contributed by atoms with E-state index in [0.29, 0.717) is 12.8 Å². The van der Waals surface area contributed by atoms with Crippen LogP contribution in [0.1, 0.15) is 40.5 Å². The Hall–Kier alpha value is -1.89. The first-order valence-electron chi connectivity index (χ1n) is 9.22. The molecule has 6 heteroatoms. The number of hydrogen-bond acceptors (Lipinski definition) is 6. The van der Waals surface area contributed by atoms with E-state index in [-0.39, 0.29) is 11.1 Å². The molecule has 3 aliphatic rings. The molecule has 0 amide bonds. The predicted molar refractivity (Wildman–Crippen MR) is 97.6 cm³/mol. The van der Waals surface area contributed by atoms with Gasteiger partial charge in [0.05, 0.1) is 17.1 Å². The van der Waals surface area contributed by atoms with Crippen LogP contribution in [0.25, 0.3) is 0 Å². The van der Waals surface area contributed by atoms with E-state index in [1.165, 1.54) is 6.08 Å². The molecule has 0 aliphatic heterocycles. The maximum Gasteiger partial charge on any atom is 0.185 e. The normalized spacial score (nSPS) is 39.1. The molecule has 0 aromatic heterocycles. The minimum absolute atomic E-state index is 0.0346. The molecule has 0 spiro atoms. The van der Waals surface area contributed by atoms with Crippen molar-refractivity contribution in [3.8, 4) is 0 Å². The van der Waals surface area contributed by atoms with Gasteiger partial charge in [0, 0.05) is 17.1 Å². The summed E-state index contributed by atoms with van der Waals surface area (Å²) >= 11 is 0. The van der Waals surface area contributed by atoms with Crippen LogP contribution in [0, 0.1) is 17.3 Å². The number of carbonyl (C=O) groups excluding carboxylic acids is 3. The Morgan fingerprint density at radius 1 is 1.22 bits per heavy atom. The summed E-state index contributed by atoms with van der Waals surface area (Å²) in [5.74, 6) is -2.96. The number of aliphatic hydroxyl groups is 3. The van der Waals surface area contributed by atoms with E-state index >= 15 is 0 Å². The molecule has 1 saturated carbocycles. The van der Waals surface area contributed by atoms with Gasteiger partial charge < -0.3 is 15.3 Å². The van der Waals surface area contributed by atoms with E-state index < -0.39 is 52.4 Å². The molecular weight excluding hydrogens is 348 g/mol. The van der Waals surface area contributed by atoms with Crippen LogP contribution in [0.3, 0.4) is 0 Å². The SMILES string of the molecule is CC(C)=C[C@H](O)C(=O)C1(C)C2=C(C(=O)C=CC2=O)[C@@H](O)C2C1CC[C@]2(C)O. The molecule has 3 rings (SSSR count). The first-order valence-corrected chi connectivity index (χ1v) is 9.22. The Morgan fingerprint density at radius 2 is 1.81 bits per heavy atom. The highest BCUT2D eigenvalue weighted by Gasteiger charge is 2.64. The summed E-state index contributed by atoms with van der Waals surface area (Å²) in [5.41, 5.74) is -2.16. The minimum atomic E-state index is -1.47. The first kappa shape index (κ1) is 19.9. The molecule has 6 nitrogen and oxygen atoms in total. The lowest BCUT2D eigenvalue weighted by Gasteiger charge is -2.49. The van der Waals surface area contributed by atoms with Crippen LogP contribution >= 0.6 is 0 Å². The minimum Gasteiger partial charge on any atom is -0.390 e. The molecule has 3 N–H and O–H groups in total. The Bertz CT molecular complexity index is 811. The first-order chi connectivity index (χ1) is 12.4. The highest BCUT2D eigenvalue weighted by atomic mass is 16.3. The number of hydrogen-bond donors (Lipinski definition) is 3. The topological polar surface area (TPSA) is 112 Å². The van der Waals surface area contributed by atoms with E-state index in [9.17, 15) is 29.7 Å². The molecule has 3 unspecified atom stereocenters. The number of carbonyl (C=O) groups is 3. The van der Waals surface area contributed by atoms with Crippen molar-refractivity contribution < 1.29 is 29.7 Å². The zero-order valence-corrected chi connectivity index (χ0v) is 16.0. The summed E-state index contributed by atoms with van der Waals surface area (Å²) < 4.78 is 0. The van der Waals surface area contributed by atoms with Gasteiger partial charge in [-0.2, -0.15) is 0 Å². The van der Waals surface area contributed by atoms with Crippen molar-refractivity contribution >= 4 is 17.3 Å². The smallest absolute Gasteiger partial charge is 0.185 e. The third-order valence-corrected chi connectivity index (χ3v) is 6.45. The van der Waals surface area contributed by atoms with Crippen molar-refractivity contribution in [1.29, 1.82) is 0 Å². The molecule has 6 atom stereocenters. The van der Waals surface area contributed by atoms with Crippen LogP contribution in [0.2, 0.25) is 0 Å². The molecule has 0 aromatic carbocycles. The molecule has 0 heterocycles. The molecule has 0 bridgehead atoms. The van der Waals surface area contributed by atoms with Gasteiger partial charge in [-0.15, -0.1) is 0 Å². The quantitative estimate of drug-likeness (QED) is 0.503. The summed E-state index contributed by atoms with van der Waals surface area (Å²) in [5, 5.41) is 32.2. The zero-order chi connectivity index (χ0) is 20.3. The fourth-order valence-electron chi connectivity index (χ4n) is 5.21. The average Bonchev–Trinajstić information content (AvgIpc) is 2.89. The predicted octanol–water partition coefficient (Wildman–Crippen LogP) is 1.05. The van der Waals surface area contributed by atoms with Crippen molar-refractivity contribution in [2.24, 2.45) is 17.3 Å². The third kappa shape index (κ3) is 2.78. The molecule has 146 valence electrons. The van der Waals surface area contributed by atoms with Crippen molar-refractivity contribution in [1.82, 2.24) is 0 Å². The number of fused-ring (bicyclic) bond motifs is 1. The summed E-state index contributed by atoms with van der Waals surface area (Å²) in [4.78, 5) is 38.6. The molecule has 0 aromatic rings. The van der Waals surface area contributed by atoms with Crippen LogP contribution < -0.4 is 0 Å². The van der Waals surface area contributed by atoms with E-state index in [1.54, 1.807) is 27.7 Å². The Labute approximate surface area is 158 Å². The molecule has 3 aliphatic carbocycles. The van der Waals surface area contributed by atoms with Gasteiger partial charge >= 0.3 is 0 Å². The number of aliphatic hydroxyl groups excluding tert-OH is 2. The van der Waals surface area contributed by atoms with Gasteiger partial charge in [0.2, 0.25) is 0 Å². The van der Waals surface area contributed by atoms with Crippen LogP contribution in [0.4, 0.5) is 0 Å². The van der Waals surface area contributed by atoms with E-state index in [0.717, 1.165) is 17.7 Å². The monoisotopic (exact) mass is 374 g/mol. The van der Waals surface area contributed by atoms with Crippen LogP contribution in [-0.2, 0) is 14.4 Å². The van der Waals surface area contributed by atoms with Crippen LogP contribution in [-0.4, -0.2) is 50.5 Å². The maximum absolute atomic E-state index is 13.3. The van der Waals surface area contributed by atoms with Gasteiger partial charge in [-0.25, -0.2) is 0 Å². The van der Waals surface area contributed by atoms with Gasteiger partial charge in [-0.1, -0.05) is 11.6 Å². The zero-order valence-electron chi connectivity index (χ0n) is 16.0. The lowest BCUT2D eigenvalue weighted by molar-refractivity contribution is -0.143. The van der Waals surface area contributed by atoms with Crippen LogP contribution in [0.15, 0.2) is 34.9 Å². The fourth-order valence-corrected chi connectivity index (χ4v) is 5.21. The van der Waals surface area contributed by atoms with Crippen molar-refractivity contribution in [3.63, 3.8) is 0 Å². The molecule has 0 saturated heterocycles. The summed E-state index contributed by atoms with van der Waals surface area (Å²) in [6.07, 6.45) is 1.57. The Balaban J connectivity index is 2.26. The lowest BCUT2D eigenvalue weighted by atomic mass is 9.54. The average molecular weight is 374 g/mol. The van der Waals surface area contributed by atoms with E-state index in [2.05, 4.69) is 0 Å². The lowest BCUT2D eigenvalue weighted by Crippen LogP contribution is -2.57. The van der Waals surface area contributed by atoms with Gasteiger partial charge in [-0.05, 0) is 58.6 Å². The van der Waals surface area contributed by atoms with Gasteiger partial charge in [0.15, 0.2) is 17.3 Å². The molecule has 27 heavy (non-hydrogen) atoms. The maximum atomic E-state index is 13.3. The largest absolute Gasteiger partial charge is 0.390 e. The standard InChI is InChI=1S/C21H26O6/c1-10(2)9-14(24)19(26)21(4)11-7-8-20(3,27)16(11)18(25)15-12(22)5-6-13(23)17(15)21/h5-6,9,11,14,16,18,24-25,27H,7-8H2,1-4H3/t11?,14-,16?,18+,20-,21?/m0/s1. The van der Waals surface area contributed by atoms with Crippen molar-refractivity contribution in [3.05, 3.63) is 34.9 Å². The second-order valence-electron chi connectivity index (χ2n) is 8.58. The number of rotatable bonds is 3.